The molecule has 1 heterocycles. The van der Waals surface area contributed by atoms with Crippen LogP contribution in [-0.4, -0.2) is 49.0 Å². The van der Waals surface area contributed by atoms with Gasteiger partial charge < -0.3 is 20.1 Å². The molecule has 1 aromatic rings. The van der Waals surface area contributed by atoms with Crippen molar-refractivity contribution < 1.29 is 23.9 Å². The number of nitrogens with two attached hydrogens (primary N) is 1. The number of hydrogen-bond acceptors (Lipinski definition) is 5. The molecule has 7 heteroatoms. The van der Waals surface area contributed by atoms with Crippen molar-refractivity contribution in [3.05, 3.63) is 30.3 Å². The van der Waals surface area contributed by atoms with Crippen molar-refractivity contribution in [2.75, 3.05) is 26.3 Å². The number of likely N-dealkylation sites (tertiary alicyclic amines) is 1. The van der Waals surface area contributed by atoms with E-state index >= 15 is 0 Å². The van der Waals surface area contributed by atoms with E-state index in [-0.39, 0.29) is 31.6 Å². The highest BCUT2D eigenvalue weighted by Crippen LogP contribution is 2.16. The highest BCUT2D eigenvalue weighted by molar-refractivity contribution is 5.82. The SMILES string of the molecule is NC(=O)C1CCCN(C(=O)COC(=O)COc2ccccc2)C1. The third-order valence-electron chi connectivity index (χ3n) is 3.63. The largest absolute Gasteiger partial charge is 0.482 e. The third-order valence-corrected chi connectivity index (χ3v) is 3.63. The van der Waals surface area contributed by atoms with Gasteiger partial charge in [-0.15, -0.1) is 0 Å². The molecule has 0 saturated carbocycles. The van der Waals surface area contributed by atoms with Crippen molar-refractivity contribution in [2.24, 2.45) is 11.7 Å². The lowest BCUT2D eigenvalue weighted by Crippen LogP contribution is -2.45. The molecule has 0 aromatic heterocycles. The number of hydrogen-bond donors (Lipinski definition) is 1. The summed E-state index contributed by atoms with van der Waals surface area (Å²) in [6.07, 6.45) is 1.40. The third kappa shape index (κ3) is 5.28. The predicted molar refractivity (Wildman–Crippen MR) is 81.4 cm³/mol. The van der Waals surface area contributed by atoms with E-state index in [1.54, 1.807) is 24.3 Å². The lowest BCUT2D eigenvalue weighted by atomic mass is 9.97. The topological polar surface area (TPSA) is 98.9 Å². The van der Waals surface area contributed by atoms with Gasteiger partial charge in [-0.3, -0.25) is 9.59 Å². The highest BCUT2D eigenvalue weighted by Gasteiger charge is 2.27. The molecule has 1 aromatic carbocycles. The van der Waals surface area contributed by atoms with Crippen LogP contribution in [0.1, 0.15) is 12.8 Å². The fourth-order valence-corrected chi connectivity index (χ4v) is 2.37. The maximum absolute atomic E-state index is 12.0. The molecule has 7 nitrogen and oxygen atoms in total. The summed E-state index contributed by atoms with van der Waals surface area (Å²) in [7, 11) is 0. The van der Waals surface area contributed by atoms with E-state index in [9.17, 15) is 14.4 Å². The quantitative estimate of drug-likeness (QED) is 0.762. The molecule has 0 bridgehead atoms. The van der Waals surface area contributed by atoms with Gasteiger partial charge >= 0.3 is 5.97 Å². The van der Waals surface area contributed by atoms with Crippen LogP contribution in [0.4, 0.5) is 0 Å². The number of piperidine rings is 1. The van der Waals surface area contributed by atoms with Crippen molar-refractivity contribution in [3.8, 4) is 5.75 Å². The maximum atomic E-state index is 12.0. The number of primary amides is 1. The lowest BCUT2D eigenvalue weighted by molar-refractivity contribution is -0.154. The van der Waals surface area contributed by atoms with Gasteiger partial charge in [0.15, 0.2) is 13.2 Å². The standard InChI is InChI=1S/C16H20N2O5/c17-16(21)12-5-4-8-18(9-12)14(19)10-23-15(20)11-22-13-6-2-1-3-7-13/h1-3,6-7,12H,4-5,8-11H2,(H2,17,21). The van der Waals surface area contributed by atoms with Crippen LogP contribution in [0.25, 0.3) is 0 Å². The molecule has 124 valence electrons. The number of carbonyl (C=O) groups excluding carboxylic acids is 3. The summed E-state index contributed by atoms with van der Waals surface area (Å²) < 4.78 is 10.1. The minimum atomic E-state index is -0.620. The Bertz CT molecular complexity index is 561. The Morgan fingerprint density at radius 1 is 1.17 bits per heavy atom. The first-order chi connectivity index (χ1) is 11.1. The summed E-state index contributed by atoms with van der Waals surface area (Å²) in [6, 6.07) is 8.85. The molecule has 2 N–H and O–H groups in total. The van der Waals surface area contributed by atoms with E-state index < -0.39 is 11.9 Å². The van der Waals surface area contributed by atoms with Gasteiger partial charge in [0.1, 0.15) is 5.75 Å². The summed E-state index contributed by atoms with van der Waals surface area (Å²) in [5.74, 6) is -1.13. The number of rotatable bonds is 6. The number of nitrogens with zero attached hydrogens (tertiary/aromatic N) is 1. The molecule has 2 rings (SSSR count). The van der Waals surface area contributed by atoms with Gasteiger partial charge in [-0.1, -0.05) is 18.2 Å². The molecule has 1 aliphatic rings. The molecule has 0 radical (unpaired) electrons. The summed E-state index contributed by atoms with van der Waals surface area (Å²) in [5.41, 5.74) is 5.27. The van der Waals surface area contributed by atoms with Gasteiger partial charge in [-0.25, -0.2) is 4.79 Å². The Kier molecular flexibility index (Phi) is 5.96. The minimum absolute atomic E-state index is 0.263. The second-order valence-electron chi connectivity index (χ2n) is 5.34. The summed E-state index contributed by atoms with van der Waals surface area (Å²) in [5, 5.41) is 0. The van der Waals surface area contributed by atoms with Crippen molar-refractivity contribution in [1.82, 2.24) is 4.90 Å². The second kappa shape index (κ2) is 8.17. The number of esters is 1. The maximum Gasteiger partial charge on any atom is 0.344 e. The van der Waals surface area contributed by atoms with E-state index in [2.05, 4.69) is 0 Å². The lowest BCUT2D eigenvalue weighted by Gasteiger charge is -2.31. The summed E-state index contributed by atoms with van der Waals surface area (Å²) >= 11 is 0. The Morgan fingerprint density at radius 2 is 1.91 bits per heavy atom. The minimum Gasteiger partial charge on any atom is -0.482 e. The van der Waals surface area contributed by atoms with Crippen LogP contribution >= 0.6 is 0 Å². The van der Waals surface area contributed by atoms with Crippen LogP contribution in [-0.2, 0) is 19.1 Å². The Labute approximate surface area is 134 Å². The summed E-state index contributed by atoms with van der Waals surface area (Å²) in [6.45, 7) is 0.205. The molecular formula is C16H20N2O5. The number of carbonyl (C=O) groups is 3. The molecule has 1 atom stereocenters. The fraction of sp³-hybridized carbons (Fsp3) is 0.438. The van der Waals surface area contributed by atoms with E-state index in [1.807, 2.05) is 6.07 Å². The van der Waals surface area contributed by atoms with Crippen molar-refractivity contribution in [3.63, 3.8) is 0 Å². The van der Waals surface area contributed by atoms with Crippen LogP contribution in [0.2, 0.25) is 0 Å². The first kappa shape index (κ1) is 16.8. The van der Waals surface area contributed by atoms with Crippen molar-refractivity contribution in [1.29, 1.82) is 0 Å². The fourth-order valence-electron chi connectivity index (χ4n) is 2.37. The molecule has 1 unspecified atom stereocenters. The van der Waals surface area contributed by atoms with Gasteiger partial charge in [0.05, 0.1) is 5.92 Å². The van der Waals surface area contributed by atoms with Crippen LogP contribution in [0.15, 0.2) is 30.3 Å². The van der Waals surface area contributed by atoms with E-state index in [4.69, 9.17) is 15.2 Å². The van der Waals surface area contributed by atoms with Gasteiger partial charge in [0.25, 0.3) is 5.91 Å². The van der Waals surface area contributed by atoms with E-state index in [1.165, 1.54) is 4.90 Å². The van der Waals surface area contributed by atoms with Crippen LogP contribution < -0.4 is 10.5 Å². The van der Waals surface area contributed by atoms with E-state index in [0.29, 0.717) is 25.1 Å². The van der Waals surface area contributed by atoms with Crippen molar-refractivity contribution >= 4 is 17.8 Å². The molecule has 2 amide bonds. The average molecular weight is 320 g/mol. The summed E-state index contributed by atoms with van der Waals surface area (Å²) in [4.78, 5) is 36.3. The Balaban J connectivity index is 1.71. The van der Waals surface area contributed by atoms with Gasteiger partial charge in [-0.05, 0) is 25.0 Å². The second-order valence-corrected chi connectivity index (χ2v) is 5.34. The zero-order valence-electron chi connectivity index (χ0n) is 12.8. The smallest absolute Gasteiger partial charge is 0.344 e. The van der Waals surface area contributed by atoms with Gasteiger partial charge in [-0.2, -0.15) is 0 Å². The predicted octanol–water partition coefficient (Wildman–Crippen LogP) is 0.333. The first-order valence-corrected chi connectivity index (χ1v) is 7.47. The number of para-hydroxylation sites is 1. The zero-order chi connectivity index (χ0) is 16.7. The van der Waals surface area contributed by atoms with Crippen LogP contribution in [0.5, 0.6) is 5.75 Å². The Hall–Kier alpha value is -2.57. The number of amides is 2. The zero-order valence-corrected chi connectivity index (χ0v) is 12.8. The average Bonchev–Trinajstić information content (AvgIpc) is 2.58. The van der Waals surface area contributed by atoms with E-state index in [0.717, 1.165) is 0 Å². The number of ether oxygens (including phenoxy) is 2. The molecule has 23 heavy (non-hydrogen) atoms. The number of benzene rings is 1. The monoisotopic (exact) mass is 320 g/mol. The molecule has 1 fully saturated rings. The molecule has 0 aliphatic carbocycles. The highest BCUT2D eigenvalue weighted by atomic mass is 16.6. The molecule has 1 saturated heterocycles. The van der Waals surface area contributed by atoms with Crippen LogP contribution in [0, 0.1) is 5.92 Å². The first-order valence-electron chi connectivity index (χ1n) is 7.47. The van der Waals surface area contributed by atoms with Gasteiger partial charge in [0, 0.05) is 13.1 Å². The normalized spacial score (nSPS) is 17.4. The van der Waals surface area contributed by atoms with Crippen molar-refractivity contribution in [2.45, 2.75) is 12.8 Å². The van der Waals surface area contributed by atoms with Crippen LogP contribution in [0.3, 0.4) is 0 Å². The Morgan fingerprint density at radius 3 is 2.61 bits per heavy atom. The molecule has 0 spiro atoms. The molecule has 1 aliphatic heterocycles. The van der Waals surface area contributed by atoms with Gasteiger partial charge in [0.2, 0.25) is 5.91 Å². The molecular weight excluding hydrogens is 300 g/mol.